The highest BCUT2D eigenvalue weighted by Crippen LogP contribution is 2.22. The second-order valence-electron chi connectivity index (χ2n) is 3.85. The number of pyridine rings is 1. The van der Waals surface area contributed by atoms with Gasteiger partial charge in [-0.3, -0.25) is 14.8 Å². The van der Waals surface area contributed by atoms with Crippen LogP contribution in [0.2, 0.25) is 5.15 Å². The monoisotopic (exact) mass is 331 g/mol. The Labute approximate surface area is 123 Å². The first-order chi connectivity index (χ1) is 9.79. The molecule has 1 N–H and O–H groups in total. The molecular formula is C11H7ClFN3O4S. The van der Waals surface area contributed by atoms with E-state index in [4.69, 9.17) is 11.6 Å². The standard InChI is InChI=1S/C11H7ClFN3O4S/c12-11-4-1-7(6-14-11)15-21(19,20)8-2-3-10(16(17)18)9(13)5-8/h1-6,15H. The molecule has 1 aromatic heterocycles. The summed E-state index contributed by atoms with van der Waals surface area (Å²) in [6.07, 6.45) is 1.18. The molecular weight excluding hydrogens is 325 g/mol. The van der Waals surface area contributed by atoms with Crippen molar-refractivity contribution in [2.75, 3.05) is 4.72 Å². The molecule has 0 atom stereocenters. The molecule has 0 spiro atoms. The van der Waals surface area contributed by atoms with Crippen molar-refractivity contribution in [2.24, 2.45) is 0 Å². The molecule has 0 bridgehead atoms. The zero-order valence-corrected chi connectivity index (χ0v) is 11.7. The Hall–Kier alpha value is -2.26. The largest absolute Gasteiger partial charge is 0.304 e. The molecule has 0 aliphatic carbocycles. The third kappa shape index (κ3) is 3.44. The van der Waals surface area contributed by atoms with Crippen LogP contribution < -0.4 is 4.72 Å². The maximum Gasteiger partial charge on any atom is 0.304 e. The molecule has 0 aliphatic rings. The Bertz CT molecular complexity index is 796. The van der Waals surface area contributed by atoms with E-state index in [0.717, 1.165) is 12.1 Å². The number of benzene rings is 1. The maximum absolute atomic E-state index is 13.5. The zero-order valence-electron chi connectivity index (χ0n) is 10.2. The summed E-state index contributed by atoms with van der Waals surface area (Å²) in [4.78, 5) is 12.8. The first kappa shape index (κ1) is 15.1. The van der Waals surface area contributed by atoms with Gasteiger partial charge in [-0.1, -0.05) is 11.6 Å². The quantitative estimate of drug-likeness (QED) is 0.527. The van der Waals surface area contributed by atoms with Gasteiger partial charge in [-0.15, -0.1) is 0 Å². The Morgan fingerprint density at radius 2 is 2.00 bits per heavy atom. The van der Waals surface area contributed by atoms with Crippen molar-refractivity contribution in [3.05, 3.63) is 57.6 Å². The van der Waals surface area contributed by atoms with Crippen molar-refractivity contribution in [1.82, 2.24) is 4.98 Å². The molecule has 0 saturated heterocycles. The first-order valence-electron chi connectivity index (χ1n) is 5.38. The van der Waals surface area contributed by atoms with Crippen LogP contribution >= 0.6 is 11.6 Å². The van der Waals surface area contributed by atoms with Gasteiger partial charge in [0, 0.05) is 12.1 Å². The van der Waals surface area contributed by atoms with Crippen molar-refractivity contribution < 1.29 is 17.7 Å². The average Bonchev–Trinajstić information content (AvgIpc) is 2.40. The Balaban J connectivity index is 2.33. The van der Waals surface area contributed by atoms with E-state index in [1.807, 2.05) is 0 Å². The normalized spacial score (nSPS) is 11.1. The predicted molar refractivity (Wildman–Crippen MR) is 73.1 cm³/mol. The predicted octanol–water partition coefficient (Wildman–Crippen LogP) is 2.58. The highest BCUT2D eigenvalue weighted by molar-refractivity contribution is 7.92. The van der Waals surface area contributed by atoms with Gasteiger partial charge >= 0.3 is 5.69 Å². The molecule has 0 radical (unpaired) electrons. The number of nitrogens with one attached hydrogen (secondary N) is 1. The van der Waals surface area contributed by atoms with Gasteiger partial charge in [0.15, 0.2) is 0 Å². The van der Waals surface area contributed by atoms with Crippen LogP contribution in [-0.4, -0.2) is 18.3 Å². The van der Waals surface area contributed by atoms with Crippen molar-refractivity contribution in [3.63, 3.8) is 0 Å². The molecule has 2 rings (SSSR count). The number of nitro groups is 1. The van der Waals surface area contributed by atoms with E-state index >= 15 is 0 Å². The number of halogens is 2. The lowest BCUT2D eigenvalue weighted by molar-refractivity contribution is -0.387. The van der Waals surface area contributed by atoms with Gasteiger partial charge in [-0.25, -0.2) is 13.4 Å². The first-order valence-corrected chi connectivity index (χ1v) is 7.24. The van der Waals surface area contributed by atoms with Crippen LogP contribution in [0.4, 0.5) is 15.8 Å². The van der Waals surface area contributed by atoms with Crippen LogP contribution in [0, 0.1) is 15.9 Å². The van der Waals surface area contributed by atoms with Crippen LogP contribution in [0.1, 0.15) is 0 Å². The van der Waals surface area contributed by atoms with E-state index in [-0.39, 0.29) is 10.8 Å². The molecule has 1 heterocycles. The molecule has 0 amide bonds. The number of sulfonamides is 1. The molecule has 0 fully saturated rings. The molecule has 7 nitrogen and oxygen atoms in total. The van der Waals surface area contributed by atoms with Gasteiger partial charge in [-0.05, 0) is 18.2 Å². The lowest BCUT2D eigenvalue weighted by Crippen LogP contribution is -2.13. The Kier molecular flexibility index (Phi) is 4.05. The van der Waals surface area contributed by atoms with Gasteiger partial charge in [0.1, 0.15) is 5.15 Å². The van der Waals surface area contributed by atoms with Crippen molar-refractivity contribution >= 4 is 33.0 Å². The summed E-state index contributed by atoms with van der Waals surface area (Å²) in [5, 5.41) is 10.7. The number of hydrogen-bond acceptors (Lipinski definition) is 5. The van der Waals surface area contributed by atoms with E-state index in [0.29, 0.717) is 6.07 Å². The SMILES string of the molecule is O=[N+]([O-])c1ccc(S(=O)(=O)Nc2ccc(Cl)nc2)cc1F. The number of nitro benzene ring substituents is 1. The highest BCUT2D eigenvalue weighted by Gasteiger charge is 2.20. The topological polar surface area (TPSA) is 102 Å². The van der Waals surface area contributed by atoms with E-state index in [2.05, 4.69) is 9.71 Å². The highest BCUT2D eigenvalue weighted by atomic mass is 35.5. The number of rotatable bonds is 4. The van der Waals surface area contributed by atoms with Crippen LogP contribution in [-0.2, 0) is 10.0 Å². The summed E-state index contributed by atoms with van der Waals surface area (Å²) >= 11 is 5.57. The van der Waals surface area contributed by atoms with E-state index in [9.17, 15) is 22.9 Å². The number of nitrogens with zero attached hydrogens (tertiary/aromatic N) is 2. The molecule has 110 valence electrons. The summed E-state index contributed by atoms with van der Waals surface area (Å²) in [5.41, 5.74) is -0.680. The second kappa shape index (κ2) is 5.62. The van der Waals surface area contributed by atoms with Crippen molar-refractivity contribution in [3.8, 4) is 0 Å². The molecule has 0 unspecified atom stereocenters. The average molecular weight is 332 g/mol. The maximum atomic E-state index is 13.5. The minimum absolute atomic E-state index is 0.123. The van der Waals surface area contributed by atoms with Gasteiger partial charge in [0.25, 0.3) is 10.0 Å². The third-order valence-corrected chi connectivity index (χ3v) is 4.01. The van der Waals surface area contributed by atoms with E-state index in [1.54, 1.807) is 0 Å². The molecule has 21 heavy (non-hydrogen) atoms. The van der Waals surface area contributed by atoms with E-state index < -0.39 is 31.3 Å². The fraction of sp³-hybridized carbons (Fsp3) is 0. The minimum atomic E-state index is -4.09. The summed E-state index contributed by atoms with van der Waals surface area (Å²) in [5.74, 6) is -1.24. The van der Waals surface area contributed by atoms with Crippen LogP contribution in [0.25, 0.3) is 0 Å². The molecule has 10 heteroatoms. The fourth-order valence-electron chi connectivity index (χ4n) is 1.45. The molecule has 0 saturated carbocycles. The number of aromatic nitrogens is 1. The van der Waals surface area contributed by atoms with Gasteiger partial charge in [0.2, 0.25) is 5.82 Å². The summed E-state index contributed by atoms with van der Waals surface area (Å²) in [6, 6.07) is 5.03. The molecule has 0 aliphatic heterocycles. The summed E-state index contributed by atoms with van der Waals surface area (Å²) < 4.78 is 39.6. The second-order valence-corrected chi connectivity index (χ2v) is 5.92. The molecule has 1 aromatic carbocycles. The van der Waals surface area contributed by atoms with Gasteiger partial charge in [0.05, 0.1) is 21.7 Å². The zero-order chi connectivity index (χ0) is 15.6. The van der Waals surface area contributed by atoms with Gasteiger partial charge < -0.3 is 0 Å². The van der Waals surface area contributed by atoms with Crippen LogP contribution in [0.5, 0.6) is 0 Å². The molecule has 2 aromatic rings. The Morgan fingerprint density at radius 3 is 2.52 bits per heavy atom. The summed E-state index contributed by atoms with van der Waals surface area (Å²) in [7, 11) is -4.09. The van der Waals surface area contributed by atoms with Crippen LogP contribution in [0.3, 0.4) is 0 Å². The van der Waals surface area contributed by atoms with Crippen molar-refractivity contribution in [1.29, 1.82) is 0 Å². The van der Waals surface area contributed by atoms with E-state index in [1.165, 1.54) is 18.3 Å². The lowest BCUT2D eigenvalue weighted by Gasteiger charge is -2.07. The van der Waals surface area contributed by atoms with Crippen molar-refractivity contribution in [2.45, 2.75) is 4.90 Å². The Morgan fingerprint density at radius 1 is 1.29 bits per heavy atom. The minimum Gasteiger partial charge on any atom is -0.278 e. The van der Waals surface area contributed by atoms with Crippen LogP contribution in [0.15, 0.2) is 41.4 Å². The van der Waals surface area contributed by atoms with Gasteiger partial charge in [-0.2, -0.15) is 4.39 Å². The smallest absolute Gasteiger partial charge is 0.278 e. The number of hydrogen-bond donors (Lipinski definition) is 1. The summed E-state index contributed by atoms with van der Waals surface area (Å²) in [6.45, 7) is 0. The number of anilines is 1. The fourth-order valence-corrected chi connectivity index (χ4v) is 2.62. The lowest BCUT2D eigenvalue weighted by atomic mass is 10.3. The third-order valence-electron chi connectivity index (χ3n) is 2.41.